The van der Waals surface area contributed by atoms with Crippen molar-refractivity contribution in [3.63, 3.8) is 0 Å². The number of unbranched alkanes of at least 4 members (excludes halogenated alkanes) is 1. The zero-order valence-electron chi connectivity index (χ0n) is 10.7. The largest absolute Gasteiger partial charge is 0.748 e. The standard InChI is InChI=1S/C10H21N.CH4O3S/c1-3-4-7-11-8-5-6-10(2)9-11;1-5(2,3)4/h10H,3-9H2,1-2H3;1H3,(H,2,3,4). The zero-order chi connectivity index (χ0) is 12.6. The van der Waals surface area contributed by atoms with Crippen molar-refractivity contribution in [3.8, 4) is 0 Å². The molecule has 0 amide bonds. The van der Waals surface area contributed by atoms with Gasteiger partial charge in [0.25, 0.3) is 0 Å². The van der Waals surface area contributed by atoms with Gasteiger partial charge in [0.2, 0.25) is 0 Å². The minimum Gasteiger partial charge on any atom is -0.748 e. The molecule has 5 heteroatoms. The van der Waals surface area contributed by atoms with Gasteiger partial charge in [-0.3, -0.25) is 0 Å². The van der Waals surface area contributed by atoms with Crippen LogP contribution in [0.25, 0.3) is 0 Å². The minimum absolute atomic E-state index is 0.604. The van der Waals surface area contributed by atoms with Crippen molar-refractivity contribution in [2.45, 2.75) is 39.5 Å². The average Bonchev–Trinajstić information content (AvgIpc) is 2.12. The first-order chi connectivity index (χ1) is 7.33. The number of rotatable bonds is 3. The molecule has 2 unspecified atom stereocenters. The molecular formula is C11H25NO3S. The Morgan fingerprint density at radius 3 is 2.44 bits per heavy atom. The molecule has 0 bridgehead atoms. The number of piperidine rings is 1. The molecule has 1 N–H and O–H groups in total. The van der Waals surface area contributed by atoms with E-state index in [9.17, 15) is 0 Å². The Hall–Kier alpha value is -0.130. The van der Waals surface area contributed by atoms with E-state index >= 15 is 0 Å². The van der Waals surface area contributed by atoms with Gasteiger partial charge in [0.05, 0.1) is 29.8 Å². The van der Waals surface area contributed by atoms with Crippen LogP contribution in [0.15, 0.2) is 0 Å². The van der Waals surface area contributed by atoms with Crippen LogP contribution in [0, 0.1) is 5.92 Å². The third kappa shape index (κ3) is 11.9. The van der Waals surface area contributed by atoms with Gasteiger partial charge < -0.3 is 9.45 Å². The number of quaternary nitrogens is 1. The summed E-state index contributed by atoms with van der Waals surface area (Å²) in [5.41, 5.74) is 0. The van der Waals surface area contributed by atoms with E-state index in [1.807, 2.05) is 4.90 Å². The summed E-state index contributed by atoms with van der Waals surface area (Å²) in [4.78, 5) is 1.85. The van der Waals surface area contributed by atoms with Gasteiger partial charge in [0.1, 0.15) is 0 Å². The summed E-state index contributed by atoms with van der Waals surface area (Å²) in [5.74, 6) is 0.982. The van der Waals surface area contributed by atoms with Gasteiger partial charge in [0, 0.05) is 12.2 Å². The summed E-state index contributed by atoms with van der Waals surface area (Å²) in [6, 6.07) is 0. The van der Waals surface area contributed by atoms with Crippen molar-refractivity contribution in [3.05, 3.63) is 0 Å². The van der Waals surface area contributed by atoms with E-state index in [0.717, 1.165) is 5.92 Å². The van der Waals surface area contributed by atoms with E-state index in [4.69, 9.17) is 13.0 Å². The summed E-state index contributed by atoms with van der Waals surface area (Å²) in [5, 5.41) is 0. The molecule has 0 aromatic rings. The van der Waals surface area contributed by atoms with Gasteiger partial charge in [-0.15, -0.1) is 0 Å². The fourth-order valence-electron chi connectivity index (χ4n) is 2.05. The molecule has 0 aliphatic carbocycles. The Kier molecular flexibility index (Phi) is 7.97. The fraction of sp³-hybridized carbons (Fsp3) is 1.00. The van der Waals surface area contributed by atoms with Crippen molar-refractivity contribution < 1.29 is 17.9 Å². The minimum atomic E-state index is -3.92. The van der Waals surface area contributed by atoms with Crippen molar-refractivity contribution in [2.24, 2.45) is 5.92 Å². The van der Waals surface area contributed by atoms with Gasteiger partial charge in [0.15, 0.2) is 0 Å². The molecule has 0 radical (unpaired) electrons. The SMILES string of the molecule is CCCC[NH+]1CCCC(C)C1.CS(=O)(=O)[O-]. The third-order valence-electron chi connectivity index (χ3n) is 2.75. The fourth-order valence-corrected chi connectivity index (χ4v) is 2.05. The number of likely N-dealkylation sites (tertiary alicyclic amines) is 1. The van der Waals surface area contributed by atoms with Crippen LogP contribution in [-0.2, 0) is 10.1 Å². The third-order valence-corrected chi connectivity index (χ3v) is 2.75. The first kappa shape index (κ1) is 15.9. The normalized spacial score (nSPS) is 25.8. The van der Waals surface area contributed by atoms with Crippen molar-refractivity contribution >= 4 is 10.1 Å². The predicted molar refractivity (Wildman–Crippen MR) is 64.5 cm³/mol. The van der Waals surface area contributed by atoms with Gasteiger partial charge in [-0.05, 0) is 19.3 Å². The first-order valence-electron chi connectivity index (χ1n) is 6.07. The lowest BCUT2D eigenvalue weighted by molar-refractivity contribution is -0.908. The van der Waals surface area contributed by atoms with E-state index in [1.54, 1.807) is 0 Å². The first-order valence-corrected chi connectivity index (χ1v) is 7.89. The summed E-state index contributed by atoms with van der Waals surface area (Å²) in [7, 11) is -3.92. The lowest BCUT2D eigenvalue weighted by Gasteiger charge is -2.27. The molecule has 1 rings (SSSR count). The zero-order valence-corrected chi connectivity index (χ0v) is 11.5. The lowest BCUT2D eigenvalue weighted by Crippen LogP contribution is -3.13. The highest BCUT2D eigenvalue weighted by molar-refractivity contribution is 7.84. The molecule has 1 fully saturated rings. The number of hydrogen-bond acceptors (Lipinski definition) is 3. The van der Waals surface area contributed by atoms with Crippen LogP contribution >= 0.6 is 0 Å². The highest BCUT2D eigenvalue weighted by atomic mass is 32.2. The van der Waals surface area contributed by atoms with Crippen LogP contribution in [0.2, 0.25) is 0 Å². The molecule has 1 saturated heterocycles. The van der Waals surface area contributed by atoms with Gasteiger partial charge in [-0.25, -0.2) is 8.42 Å². The molecule has 98 valence electrons. The van der Waals surface area contributed by atoms with E-state index in [0.29, 0.717) is 6.26 Å². The van der Waals surface area contributed by atoms with E-state index < -0.39 is 10.1 Å². The summed E-state index contributed by atoms with van der Waals surface area (Å²) >= 11 is 0. The van der Waals surface area contributed by atoms with Crippen LogP contribution < -0.4 is 4.90 Å². The predicted octanol–water partition coefficient (Wildman–Crippen LogP) is 0.263. The second-order valence-corrected chi connectivity index (χ2v) is 6.17. The maximum absolute atomic E-state index is 9.08. The Balaban J connectivity index is 0.000000385. The van der Waals surface area contributed by atoms with Crippen LogP contribution in [0.4, 0.5) is 0 Å². The molecule has 2 atom stereocenters. The molecule has 1 aliphatic rings. The Morgan fingerprint density at radius 2 is 2.00 bits per heavy atom. The van der Waals surface area contributed by atoms with Crippen LogP contribution in [0.5, 0.6) is 0 Å². The highest BCUT2D eigenvalue weighted by Crippen LogP contribution is 2.04. The maximum Gasteiger partial charge on any atom is 0.0916 e. The topological polar surface area (TPSA) is 61.6 Å². The van der Waals surface area contributed by atoms with Crippen molar-refractivity contribution in [2.75, 3.05) is 25.9 Å². The Morgan fingerprint density at radius 1 is 1.44 bits per heavy atom. The van der Waals surface area contributed by atoms with E-state index in [-0.39, 0.29) is 0 Å². The molecule has 0 spiro atoms. The molecule has 0 saturated carbocycles. The molecule has 1 heterocycles. The van der Waals surface area contributed by atoms with Gasteiger partial charge in [-0.1, -0.05) is 20.3 Å². The van der Waals surface area contributed by atoms with Crippen LogP contribution in [0.3, 0.4) is 0 Å². The number of nitrogens with one attached hydrogen (secondary N) is 1. The van der Waals surface area contributed by atoms with Gasteiger partial charge in [-0.2, -0.15) is 0 Å². The Bertz CT molecular complexity index is 256. The summed E-state index contributed by atoms with van der Waals surface area (Å²) in [6.07, 6.45) is 6.31. The van der Waals surface area contributed by atoms with Crippen molar-refractivity contribution in [1.82, 2.24) is 0 Å². The average molecular weight is 251 g/mol. The molecule has 0 aromatic heterocycles. The molecule has 1 aliphatic heterocycles. The highest BCUT2D eigenvalue weighted by Gasteiger charge is 2.18. The molecule has 16 heavy (non-hydrogen) atoms. The smallest absolute Gasteiger partial charge is 0.0916 e. The summed E-state index contributed by atoms with van der Waals surface area (Å²) in [6.45, 7) is 8.96. The molecule has 4 nitrogen and oxygen atoms in total. The second kappa shape index (κ2) is 8.03. The quantitative estimate of drug-likeness (QED) is 0.732. The summed E-state index contributed by atoms with van der Waals surface area (Å²) < 4.78 is 27.2. The van der Waals surface area contributed by atoms with E-state index in [2.05, 4.69) is 13.8 Å². The second-order valence-electron chi connectivity index (χ2n) is 4.76. The molecule has 0 aromatic carbocycles. The number of hydrogen-bond donors (Lipinski definition) is 1. The van der Waals surface area contributed by atoms with E-state index in [1.165, 1.54) is 45.3 Å². The molecular weight excluding hydrogens is 226 g/mol. The monoisotopic (exact) mass is 251 g/mol. The van der Waals surface area contributed by atoms with Crippen LogP contribution in [0.1, 0.15) is 39.5 Å². The maximum atomic E-state index is 9.08. The lowest BCUT2D eigenvalue weighted by atomic mass is 10.0. The van der Waals surface area contributed by atoms with Gasteiger partial charge >= 0.3 is 0 Å². The van der Waals surface area contributed by atoms with Crippen LogP contribution in [-0.4, -0.2) is 38.9 Å². The van der Waals surface area contributed by atoms with Crippen molar-refractivity contribution in [1.29, 1.82) is 0 Å². The Labute approximate surface area is 99.8 Å².